The SMILES string of the molecule is [CH2]CCCC=Cc1ncco1. The Balaban J connectivity index is 2.25. The van der Waals surface area contributed by atoms with Gasteiger partial charge in [0.15, 0.2) is 0 Å². The van der Waals surface area contributed by atoms with Crippen LogP contribution in [0.25, 0.3) is 6.08 Å². The zero-order valence-electron chi connectivity index (χ0n) is 6.49. The Bertz CT molecular complexity index is 201. The molecular weight excluding hydrogens is 138 g/mol. The molecule has 0 bridgehead atoms. The third-order valence-corrected chi connectivity index (χ3v) is 1.33. The summed E-state index contributed by atoms with van der Waals surface area (Å²) in [6.45, 7) is 3.75. The maximum absolute atomic E-state index is 5.00. The van der Waals surface area contributed by atoms with Crippen LogP contribution in [0.3, 0.4) is 0 Å². The highest BCUT2D eigenvalue weighted by atomic mass is 16.3. The Hall–Kier alpha value is -1.05. The molecule has 0 aliphatic heterocycles. The van der Waals surface area contributed by atoms with Gasteiger partial charge in [0.1, 0.15) is 6.26 Å². The number of rotatable bonds is 4. The first-order chi connectivity index (χ1) is 5.43. The van der Waals surface area contributed by atoms with Crippen molar-refractivity contribution in [2.75, 3.05) is 0 Å². The summed E-state index contributed by atoms with van der Waals surface area (Å²) in [6.07, 6.45) is 10.3. The lowest BCUT2D eigenvalue weighted by molar-refractivity contribution is 0.546. The molecule has 0 spiro atoms. The third-order valence-electron chi connectivity index (χ3n) is 1.33. The second-order valence-electron chi connectivity index (χ2n) is 2.27. The molecule has 0 N–H and O–H groups in total. The lowest BCUT2D eigenvalue weighted by Crippen LogP contribution is -1.69. The summed E-state index contributed by atoms with van der Waals surface area (Å²) in [7, 11) is 0. The second kappa shape index (κ2) is 4.72. The van der Waals surface area contributed by atoms with Gasteiger partial charge in [-0.2, -0.15) is 0 Å². The predicted octanol–water partition coefficient (Wildman–Crippen LogP) is 2.69. The topological polar surface area (TPSA) is 26.0 Å². The Morgan fingerprint density at radius 3 is 3.18 bits per heavy atom. The fourth-order valence-electron chi connectivity index (χ4n) is 0.763. The lowest BCUT2D eigenvalue weighted by atomic mass is 10.2. The average molecular weight is 150 g/mol. The van der Waals surface area contributed by atoms with Gasteiger partial charge in [-0.1, -0.05) is 19.4 Å². The molecule has 1 heterocycles. The van der Waals surface area contributed by atoms with E-state index < -0.39 is 0 Å². The number of hydrogen-bond acceptors (Lipinski definition) is 2. The van der Waals surface area contributed by atoms with E-state index >= 15 is 0 Å². The summed E-state index contributed by atoms with van der Waals surface area (Å²) < 4.78 is 5.00. The van der Waals surface area contributed by atoms with Crippen LogP contribution in [0, 0.1) is 6.92 Å². The van der Waals surface area contributed by atoms with Gasteiger partial charge in [-0.05, 0) is 18.9 Å². The molecule has 0 aromatic carbocycles. The Morgan fingerprint density at radius 1 is 1.64 bits per heavy atom. The standard InChI is InChI=1S/C9H12NO/c1-2-3-4-5-6-9-10-7-8-11-9/h5-8H,1-4H2. The van der Waals surface area contributed by atoms with Crippen molar-refractivity contribution in [1.82, 2.24) is 4.98 Å². The van der Waals surface area contributed by atoms with Crippen molar-refractivity contribution in [2.24, 2.45) is 0 Å². The highest BCUT2D eigenvalue weighted by Crippen LogP contribution is 2.01. The average Bonchev–Trinajstić information content (AvgIpc) is 2.50. The highest BCUT2D eigenvalue weighted by molar-refractivity contribution is 5.36. The Labute approximate surface area is 66.9 Å². The van der Waals surface area contributed by atoms with Crippen molar-refractivity contribution in [1.29, 1.82) is 0 Å². The van der Waals surface area contributed by atoms with Gasteiger partial charge in [0.2, 0.25) is 5.89 Å². The van der Waals surface area contributed by atoms with Crippen molar-refractivity contribution in [3.05, 3.63) is 31.4 Å². The van der Waals surface area contributed by atoms with Crippen LogP contribution in [0.4, 0.5) is 0 Å². The number of hydrogen-bond donors (Lipinski definition) is 0. The van der Waals surface area contributed by atoms with E-state index in [1.54, 1.807) is 12.5 Å². The van der Waals surface area contributed by atoms with Crippen LogP contribution in [0.2, 0.25) is 0 Å². The van der Waals surface area contributed by atoms with E-state index in [9.17, 15) is 0 Å². The minimum absolute atomic E-state index is 0.675. The molecule has 0 amide bonds. The minimum atomic E-state index is 0.675. The summed E-state index contributed by atoms with van der Waals surface area (Å²) in [5, 5.41) is 0. The van der Waals surface area contributed by atoms with Crippen LogP contribution in [0.15, 0.2) is 23.0 Å². The van der Waals surface area contributed by atoms with Crippen molar-refractivity contribution >= 4 is 6.08 Å². The summed E-state index contributed by atoms with van der Waals surface area (Å²) in [4.78, 5) is 3.94. The molecule has 59 valence electrons. The monoisotopic (exact) mass is 150 g/mol. The van der Waals surface area contributed by atoms with E-state index in [1.807, 2.05) is 6.08 Å². The van der Waals surface area contributed by atoms with Crippen LogP contribution in [-0.2, 0) is 0 Å². The van der Waals surface area contributed by atoms with E-state index in [0.29, 0.717) is 5.89 Å². The molecule has 1 aromatic heterocycles. The zero-order chi connectivity index (χ0) is 7.94. The van der Waals surface area contributed by atoms with Gasteiger partial charge in [0.25, 0.3) is 0 Å². The van der Waals surface area contributed by atoms with Crippen molar-refractivity contribution in [3.63, 3.8) is 0 Å². The van der Waals surface area contributed by atoms with E-state index in [2.05, 4.69) is 18.0 Å². The van der Waals surface area contributed by atoms with Gasteiger partial charge >= 0.3 is 0 Å². The molecule has 0 atom stereocenters. The summed E-state index contributed by atoms with van der Waals surface area (Å²) in [6, 6.07) is 0. The molecule has 0 saturated carbocycles. The first-order valence-corrected chi connectivity index (χ1v) is 3.79. The quantitative estimate of drug-likeness (QED) is 0.617. The Morgan fingerprint density at radius 2 is 2.55 bits per heavy atom. The van der Waals surface area contributed by atoms with Crippen molar-refractivity contribution < 1.29 is 4.42 Å². The van der Waals surface area contributed by atoms with E-state index in [4.69, 9.17) is 4.42 Å². The van der Waals surface area contributed by atoms with Crippen LogP contribution in [0.5, 0.6) is 0 Å². The molecular formula is C9H12NO. The molecule has 11 heavy (non-hydrogen) atoms. The molecule has 1 aromatic rings. The maximum atomic E-state index is 5.00. The highest BCUT2D eigenvalue weighted by Gasteiger charge is 1.86. The van der Waals surface area contributed by atoms with Crippen molar-refractivity contribution in [2.45, 2.75) is 19.3 Å². The second-order valence-corrected chi connectivity index (χ2v) is 2.27. The van der Waals surface area contributed by atoms with Crippen LogP contribution >= 0.6 is 0 Å². The van der Waals surface area contributed by atoms with Gasteiger partial charge in [-0.3, -0.25) is 0 Å². The largest absolute Gasteiger partial charge is 0.445 e. The Kier molecular flexibility index (Phi) is 3.45. The number of allylic oxidation sites excluding steroid dienone is 1. The molecule has 2 heteroatoms. The molecule has 0 aliphatic rings. The predicted molar refractivity (Wildman–Crippen MR) is 44.7 cm³/mol. The molecule has 0 unspecified atom stereocenters. The normalized spacial score (nSPS) is 11.0. The first-order valence-electron chi connectivity index (χ1n) is 3.79. The zero-order valence-corrected chi connectivity index (χ0v) is 6.49. The number of nitrogens with zero attached hydrogens (tertiary/aromatic N) is 1. The van der Waals surface area contributed by atoms with Crippen LogP contribution in [-0.4, -0.2) is 4.98 Å². The fourth-order valence-corrected chi connectivity index (χ4v) is 0.763. The van der Waals surface area contributed by atoms with Gasteiger partial charge in [0.05, 0.1) is 6.20 Å². The first kappa shape index (κ1) is 8.05. The van der Waals surface area contributed by atoms with E-state index in [1.165, 1.54) is 0 Å². The van der Waals surface area contributed by atoms with Gasteiger partial charge < -0.3 is 4.42 Å². The summed E-state index contributed by atoms with van der Waals surface area (Å²) >= 11 is 0. The maximum Gasteiger partial charge on any atom is 0.218 e. The third kappa shape index (κ3) is 3.03. The molecule has 1 rings (SSSR count). The lowest BCUT2D eigenvalue weighted by Gasteiger charge is -1.86. The fraction of sp³-hybridized carbons (Fsp3) is 0.333. The molecule has 0 saturated heterocycles. The summed E-state index contributed by atoms with van der Waals surface area (Å²) in [5.74, 6) is 0.675. The van der Waals surface area contributed by atoms with Crippen molar-refractivity contribution in [3.8, 4) is 0 Å². The number of unbranched alkanes of at least 4 members (excludes halogenated alkanes) is 2. The van der Waals surface area contributed by atoms with E-state index in [-0.39, 0.29) is 0 Å². The summed E-state index contributed by atoms with van der Waals surface area (Å²) in [5.41, 5.74) is 0. The van der Waals surface area contributed by atoms with Crippen LogP contribution in [0.1, 0.15) is 25.2 Å². The molecule has 2 nitrogen and oxygen atoms in total. The van der Waals surface area contributed by atoms with E-state index in [0.717, 1.165) is 19.3 Å². The van der Waals surface area contributed by atoms with Gasteiger partial charge in [-0.15, -0.1) is 0 Å². The number of aromatic nitrogens is 1. The molecule has 1 radical (unpaired) electrons. The minimum Gasteiger partial charge on any atom is -0.445 e. The smallest absolute Gasteiger partial charge is 0.218 e. The molecule has 0 aliphatic carbocycles. The molecule has 0 fully saturated rings. The van der Waals surface area contributed by atoms with Gasteiger partial charge in [-0.25, -0.2) is 4.98 Å². The van der Waals surface area contributed by atoms with Crippen LogP contribution < -0.4 is 0 Å². The number of oxazole rings is 1. The van der Waals surface area contributed by atoms with Gasteiger partial charge in [0, 0.05) is 0 Å².